The van der Waals surface area contributed by atoms with Gasteiger partial charge in [0.25, 0.3) is 0 Å². The maximum Gasteiger partial charge on any atom is 0.317 e. The summed E-state index contributed by atoms with van der Waals surface area (Å²) in [6.07, 6.45) is 0.839. The van der Waals surface area contributed by atoms with Crippen LogP contribution in [-0.2, 0) is 11.2 Å². The van der Waals surface area contributed by atoms with E-state index in [0.717, 1.165) is 19.5 Å². The summed E-state index contributed by atoms with van der Waals surface area (Å²) in [7, 11) is 0. The molecule has 106 valence electrons. The monoisotopic (exact) mass is 264 g/mol. The van der Waals surface area contributed by atoms with Crippen LogP contribution in [0.25, 0.3) is 0 Å². The average Bonchev–Trinajstić information content (AvgIpc) is 2.40. The zero-order valence-corrected chi connectivity index (χ0v) is 12.0. The standard InChI is InChI=1S/C15H24N2O2/c1-4-17(5-2)14-8-6-13(7-9-14)10-12(3)16-11-15(18)19/h6-9,12,16H,4-5,10-11H2,1-3H3,(H,18,19). The molecule has 0 saturated heterocycles. The summed E-state index contributed by atoms with van der Waals surface area (Å²) in [5, 5.41) is 11.6. The van der Waals surface area contributed by atoms with E-state index in [0.29, 0.717) is 0 Å². The number of hydrogen-bond donors (Lipinski definition) is 2. The van der Waals surface area contributed by atoms with Crippen LogP contribution >= 0.6 is 0 Å². The third-order valence-electron chi connectivity index (χ3n) is 3.21. The summed E-state index contributed by atoms with van der Waals surface area (Å²) in [6.45, 7) is 8.32. The summed E-state index contributed by atoms with van der Waals surface area (Å²) in [5.41, 5.74) is 2.46. The smallest absolute Gasteiger partial charge is 0.317 e. The number of carbonyl (C=O) groups is 1. The van der Waals surface area contributed by atoms with Gasteiger partial charge in [-0.1, -0.05) is 12.1 Å². The third-order valence-corrected chi connectivity index (χ3v) is 3.21. The van der Waals surface area contributed by atoms with Crippen LogP contribution < -0.4 is 10.2 Å². The molecule has 1 atom stereocenters. The number of hydrogen-bond acceptors (Lipinski definition) is 3. The Labute approximate surface area is 115 Å². The highest BCUT2D eigenvalue weighted by Gasteiger charge is 2.06. The minimum absolute atomic E-state index is 0.0126. The van der Waals surface area contributed by atoms with Crippen LogP contribution in [0, 0.1) is 0 Å². The maximum absolute atomic E-state index is 10.5. The number of aliphatic carboxylic acids is 1. The second-order valence-electron chi connectivity index (χ2n) is 4.72. The topological polar surface area (TPSA) is 52.6 Å². The molecule has 4 heteroatoms. The molecule has 0 fully saturated rings. The Hall–Kier alpha value is -1.55. The molecule has 1 aromatic carbocycles. The number of rotatable bonds is 8. The fourth-order valence-corrected chi connectivity index (χ4v) is 2.12. The zero-order valence-electron chi connectivity index (χ0n) is 12.0. The minimum Gasteiger partial charge on any atom is -0.480 e. The van der Waals surface area contributed by atoms with E-state index in [1.807, 2.05) is 6.92 Å². The van der Waals surface area contributed by atoms with Crippen molar-refractivity contribution in [2.24, 2.45) is 0 Å². The molecule has 4 nitrogen and oxygen atoms in total. The van der Waals surface area contributed by atoms with Crippen molar-refractivity contribution in [2.75, 3.05) is 24.5 Å². The molecular weight excluding hydrogens is 240 g/mol. The fourth-order valence-electron chi connectivity index (χ4n) is 2.12. The lowest BCUT2D eigenvalue weighted by atomic mass is 10.1. The summed E-state index contributed by atoms with van der Waals surface area (Å²) >= 11 is 0. The summed E-state index contributed by atoms with van der Waals surface area (Å²) < 4.78 is 0. The van der Waals surface area contributed by atoms with Crippen molar-refractivity contribution >= 4 is 11.7 Å². The number of carboxylic acids is 1. The Morgan fingerprint density at radius 2 is 1.84 bits per heavy atom. The number of nitrogens with one attached hydrogen (secondary N) is 1. The molecule has 0 aliphatic rings. The predicted octanol–water partition coefficient (Wildman–Crippen LogP) is 2.14. The van der Waals surface area contributed by atoms with E-state index in [4.69, 9.17) is 5.11 Å². The lowest BCUT2D eigenvalue weighted by molar-refractivity contribution is -0.136. The second kappa shape index (κ2) is 7.79. The summed E-state index contributed by atoms with van der Waals surface area (Å²) in [4.78, 5) is 12.8. The Morgan fingerprint density at radius 1 is 1.26 bits per heavy atom. The average molecular weight is 264 g/mol. The molecule has 0 saturated carbocycles. The highest BCUT2D eigenvalue weighted by molar-refractivity contribution is 5.69. The van der Waals surface area contributed by atoms with E-state index in [9.17, 15) is 4.79 Å². The molecule has 2 N–H and O–H groups in total. The van der Waals surface area contributed by atoms with Crippen molar-refractivity contribution in [2.45, 2.75) is 33.2 Å². The van der Waals surface area contributed by atoms with Crippen molar-refractivity contribution in [3.63, 3.8) is 0 Å². The van der Waals surface area contributed by atoms with E-state index in [2.05, 4.69) is 48.3 Å². The molecule has 0 radical (unpaired) electrons. The number of nitrogens with zero attached hydrogens (tertiary/aromatic N) is 1. The molecule has 0 spiro atoms. The van der Waals surface area contributed by atoms with E-state index >= 15 is 0 Å². The molecular formula is C15H24N2O2. The molecule has 0 heterocycles. The maximum atomic E-state index is 10.5. The summed E-state index contributed by atoms with van der Waals surface area (Å²) in [6, 6.07) is 8.66. The summed E-state index contributed by atoms with van der Waals surface area (Å²) in [5.74, 6) is -0.816. The van der Waals surface area contributed by atoms with Gasteiger partial charge in [0.2, 0.25) is 0 Å². The molecule has 1 unspecified atom stereocenters. The molecule has 0 bridgehead atoms. The van der Waals surface area contributed by atoms with Crippen LogP contribution in [0.1, 0.15) is 26.3 Å². The normalized spacial score (nSPS) is 12.2. The highest BCUT2D eigenvalue weighted by atomic mass is 16.4. The van der Waals surface area contributed by atoms with Gasteiger partial charge in [-0.15, -0.1) is 0 Å². The van der Waals surface area contributed by atoms with Gasteiger partial charge in [-0.2, -0.15) is 0 Å². The lowest BCUT2D eigenvalue weighted by Crippen LogP contribution is -2.32. The van der Waals surface area contributed by atoms with Gasteiger partial charge in [0.05, 0.1) is 6.54 Å². The fraction of sp³-hybridized carbons (Fsp3) is 0.533. The number of carboxylic acid groups (broad SMARTS) is 1. The minimum atomic E-state index is -0.816. The first kappa shape index (κ1) is 15.5. The first-order valence-electron chi connectivity index (χ1n) is 6.85. The van der Waals surface area contributed by atoms with Crippen LogP contribution in [-0.4, -0.2) is 36.8 Å². The molecule has 0 aromatic heterocycles. The number of benzene rings is 1. The van der Waals surface area contributed by atoms with Gasteiger partial charge in [-0.05, 0) is 44.9 Å². The molecule has 19 heavy (non-hydrogen) atoms. The molecule has 1 rings (SSSR count). The van der Waals surface area contributed by atoms with Gasteiger partial charge in [0.15, 0.2) is 0 Å². The SMILES string of the molecule is CCN(CC)c1ccc(CC(C)NCC(=O)O)cc1. The Kier molecular flexibility index (Phi) is 6.36. The van der Waals surface area contributed by atoms with Crippen molar-refractivity contribution in [3.8, 4) is 0 Å². The van der Waals surface area contributed by atoms with Gasteiger partial charge in [0.1, 0.15) is 0 Å². The third kappa shape index (κ3) is 5.30. The van der Waals surface area contributed by atoms with E-state index in [1.54, 1.807) is 0 Å². The van der Waals surface area contributed by atoms with Crippen molar-refractivity contribution in [1.29, 1.82) is 0 Å². The van der Waals surface area contributed by atoms with E-state index < -0.39 is 5.97 Å². The van der Waals surface area contributed by atoms with Crippen LogP contribution in [0.5, 0.6) is 0 Å². The quantitative estimate of drug-likeness (QED) is 0.755. The second-order valence-corrected chi connectivity index (χ2v) is 4.72. The van der Waals surface area contributed by atoms with Gasteiger partial charge < -0.3 is 15.3 Å². The van der Waals surface area contributed by atoms with Gasteiger partial charge in [-0.25, -0.2) is 0 Å². The van der Waals surface area contributed by atoms with Gasteiger partial charge >= 0.3 is 5.97 Å². The molecule has 0 aliphatic carbocycles. The van der Waals surface area contributed by atoms with Crippen LogP contribution in [0.3, 0.4) is 0 Å². The first-order valence-corrected chi connectivity index (χ1v) is 6.85. The van der Waals surface area contributed by atoms with Crippen LogP contribution in [0.15, 0.2) is 24.3 Å². The van der Waals surface area contributed by atoms with E-state index in [-0.39, 0.29) is 12.6 Å². The van der Waals surface area contributed by atoms with Crippen LogP contribution in [0.4, 0.5) is 5.69 Å². The molecule has 1 aromatic rings. The lowest BCUT2D eigenvalue weighted by Gasteiger charge is -2.21. The largest absolute Gasteiger partial charge is 0.480 e. The Bertz CT molecular complexity index is 386. The van der Waals surface area contributed by atoms with Gasteiger partial charge in [-0.3, -0.25) is 4.79 Å². The van der Waals surface area contributed by atoms with Crippen molar-refractivity contribution in [1.82, 2.24) is 5.32 Å². The van der Waals surface area contributed by atoms with Crippen molar-refractivity contribution < 1.29 is 9.90 Å². The Morgan fingerprint density at radius 3 is 2.32 bits per heavy atom. The van der Waals surface area contributed by atoms with E-state index in [1.165, 1.54) is 11.3 Å². The molecule has 0 aliphatic heterocycles. The highest BCUT2D eigenvalue weighted by Crippen LogP contribution is 2.15. The number of anilines is 1. The Balaban J connectivity index is 2.54. The first-order chi connectivity index (χ1) is 9.06. The molecule has 0 amide bonds. The van der Waals surface area contributed by atoms with Crippen molar-refractivity contribution in [3.05, 3.63) is 29.8 Å². The van der Waals surface area contributed by atoms with Crippen LogP contribution in [0.2, 0.25) is 0 Å². The van der Waals surface area contributed by atoms with Gasteiger partial charge in [0, 0.05) is 24.8 Å². The zero-order chi connectivity index (χ0) is 14.3. The predicted molar refractivity (Wildman–Crippen MR) is 78.8 cm³/mol.